The summed E-state index contributed by atoms with van der Waals surface area (Å²) in [6.07, 6.45) is 1.48. The highest BCUT2D eigenvalue weighted by molar-refractivity contribution is 5.82. The minimum absolute atomic E-state index is 0.375. The number of fused-ring (bicyclic) bond motifs is 1. The van der Waals surface area contributed by atoms with Crippen LogP contribution in [0.4, 0.5) is 0 Å². The molecule has 2 aromatic rings. The first kappa shape index (κ1) is 12.7. The third-order valence-corrected chi connectivity index (χ3v) is 3.97. The first-order valence-corrected chi connectivity index (χ1v) is 6.70. The summed E-state index contributed by atoms with van der Waals surface area (Å²) in [4.78, 5) is 11.3. The van der Waals surface area contributed by atoms with Crippen LogP contribution in [0.1, 0.15) is 23.5 Å². The molecule has 0 amide bonds. The molecule has 0 radical (unpaired) electrons. The molecule has 1 unspecified atom stereocenters. The SMILES string of the molecule is COc1ccccc1-c1cccc2c1CCC2C(=O)O. The number of hydrogen-bond donors (Lipinski definition) is 1. The third-order valence-electron chi connectivity index (χ3n) is 3.97. The van der Waals surface area contributed by atoms with Crippen molar-refractivity contribution in [2.24, 2.45) is 0 Å². The molecule has 1 atom stereocenters. The fraction of sp³-hybridized carbons (Fsp3) is 0.235. The lowest BCUT2D eigenvalue weighted by Gasteiger charge is -2.13. The van der Waals surface area contributed by atoms with Crippen LogP contribution in [0.15, 0.2) is 42.5 Å². The van der Waals surface area contributed by atoms with Gasteiger partial charge in [0.05, 0.1) is 13.0 Å². The summed E-state index contributed by atoms with van der Waals surface area (Å²) >= 11 is 0. The number of carbonyl (C=O) groups is 1. The van der Waals surface area contributed by atoms with Crippen molar-refractivity contribution in [3.63, 3.8) is 0 Å². The van der Waals surface area contributed by atoms with Crippen LogP contribution >= 0.6 is 0 Å². The second-order valence-electron chi connectivity index (χ2n) is 5.00. The topological polar surface area (TPSA) is 46.5 Å². The lowest BCUT2D eigenvalue weighted by molar-refractivity contribution is -0.138. The smallest absolute Gasteiger partial charge is 0.310 e. The highest BCUT2D eigenvalue weighted by Gasteiger charge is 2.30. The molecule has 1 aliphatic rings. The minimum atomic E-state index is -0.735. The molecule has 1 N–H and O–H groups in total. The first-order chi connectivity index (χ1) is 9.72. The van der Waals surface area contributed by atoms with Crippen molar-refractivity contribution in [3.8, 4) is 16.9 Å². The number of carboxylic acid groups (broad SMARTS) is 1. The number of methoxy groups -OCH3 is 1. The van der Waals surface area contributed by atoms with Crippen LogP contribution < -0.4 is 4.74 Å². The van der Waals surface area contributed by atoms with E-state index in [0.717, 1.165) is 34.4 Å². The monoisotopic (exact) mass is 268 g/mol. The molecular weight excluding hydrogens is 252 g/mol. The molecule has 3 heteroatoms. The van der Waals surface area contributed by atoms with Gasteiger partial charge >= 0.3 is 5.97 Å². The molecule has 0 fully saturated rings. The molecule has 0 bridgehead atoms. The quantitative estimate of drug-likeness (QED) is 0.927. The van der Waals surface area contributed by atoms with E-state index < -0.39 is 5.97 Å². The number of para-hydroxylation sites is 1. The van der Waals surface area contributed by atoms with E-state index in [9.17, 15) is 9.90 Å². The molecule has 0 saturated heterocycles. The minimum Gasteiger partial charge on any atom is -0.496 e. The number of ether oxygens (including phenoxy) is 1. The van der Waals surface area contributed by atoms with Gasteiger partial charge in [0.25, 0.3) is 0 Å². The Kier molecular flexibility index (Phi) is 3.18. The Morgan fingerprint density at radius 2 is 1.90 bits per heavy atom. The van der Waals surface area contributed by atoms with Crippen molar-refractivity contribution >= 4 is 5.97 Å². The third kappa shape index (κ3) is 1.95. The normalized spacial score (nSPS) is 16.8. The Morgan fingerprint density at radius 1 is 1.15 bits per heavy atom. The first-order valence-electron chi connectivity index (χ1n) is 6.70. The molecule has 1 aliphatic carbocycles. The van der Waals surface area contributed by atoms with Crippen LogP contribution in [0.25, 0.3) is 11.1 Å². The fourth-order valence-electron chi connectivity index (χ4n) is 3.03. The maximum Gasteiger partial charge on any atom is 0.310 e. The molecule has 0 saturated carbocycles. The van der Waals surface area contributed by atoms with Gasteiger partial charge in [0.1, 0.15) is 5.75 Å². The predicted molar refractivity (Wildman–Crippen MR) is 77.1 cm³/mol. The lowest BCUT2D eigenvalue weighted by atomic mass is 9.94. The van der Waals surface area contributed by atoms with E-state index in [1.165, 1.54) is 0 Å². The maximum absolute atomic E-state index is 11.3. The van der Waals surface area contributed by atoms with Gasteiger partial charge in [-0.15, -0.1) is 0 Å². The van der Waals surface area contributed by atoms with Gasteiger partial charge in [0.15, 0.2) is 0 Å². The molecule has 0 spiro atoms. The number of hydrogen-bond acceptors (Lipinski definition) is 2. The lowest BCUT2D eigenvalue weighted by Crippen LogP contribution is -2.07. The van der Waals surface area contributed by atoms with Crippen molar-refractivity contribution in [1.82, 2.24) is 0 Å². The van der Waals surface area contributed by atoms with Crippen molar-refractivity contribution in [2.75, 3.05) is 7.11 Å². The van der Waals surface area contributed by atoms with Crippen molar-refractivity contribution in [2.45, 2.75) is 18.8 Å². The number of rotatable bonds is 3. The van der Waals surface area contributed by atoms with Gasteiger partial charge in [-0.1, -0.05) is 36.4 Å². The fourth-order valence-corrected chi connectivity index (χ4v) is 3.03. The van der Waals surface area contributed by atoms with Gasteiger partial charge in [0.2, 0.25) is 0 Å². The van der Waals surface area contributed by atoms with E-state index in [-0.39, 0.29) is 5.92 Å². The van der Waals surface area contributed by atoms with Gasteiger partial charge in [-0.05, 0) is 35.6 Å². The van der Waals surface area contributed by atoms with Gasteiger partial charge < -0.3 is 9.84 Å². The summed E-state index contributed by atoms with van der Waals surface area (Å²) in [5, 5.41) is 9.30. The summed E-state index contributed by atoms with van der Waals surface area (Å²) in [7, 11) is 1.65. The van der Waals surface area contributed by atoms with Crippen LogP contribution in [-0.4, -0.2) is 18.2 Å². The molecule has 3 rings (SSSR count). The number of aliphatic carboxylic acids is 1. The van der Waals surface area contributed by atoms with E-state index in [1.807, 2.05) is 42.5 Å². The Hall–Kier alpha value is -2.29. The Morgan fingerprint density at radius 3 is 2.65 bits per heavy atom. The molecule has 20 heavy (non-hydrogen) atoms. The van der Waals surface area contributed by atoms with E-state index in [0.29, 0.717) is 6.42 Å². The van der Waals surface area contributed by atoms with Crippen LogP contribution in [0.5, 0.6) is 5.75 Å². The second-order valence-corrected chi connectivity index (χ2v) is 5.00. The van der Waals surface area contributed by atoms with Crippen molar-refractivity contribution in [3.05, 3.63) is 53.6 Å². The standard InChI is InChI=1S/C17H16O3/c1-20-16-8-3-2-5-14(16)11-6-4-7-12-13(11)9-10-15(12)17(18)19/h2-8,15H,9-10H2,1H3,(H,18,19). The number of carboxylic acids is 1. The van der Waals surface area contributed by atoms with Gasteiger partial charge in [-0.3, -0.25) is 4.79 Å². The zero-order valence-corrected chi connectivity index (χ0v) is 11.3. The van der Waals surface area contributed by atoms with Crippen molar-refractivity contribution in [1.29, 1.82) is 0 Å². The van der Waals surface area contributed by atoms with Crippen molar-refractivity contribution < 1.29 is 14.6 Å². The Bertz CT molecular complexity index is 661. The number of benzene rings is 2. The molecule has 2 aromatic carbocycles. The van der Waals surface area contributed by atoms with Gasteiger partial charge in [0, 0.05) is 5.56 Å². The highest BCUT2D eigenvalue weighted by atomic mass is 16.5. The molecular formula is C17H16O3. The average Bonchev–Trinajstić information content (AvgIpc) is 2.91. The molecule has 102 valence electrons. The van der Waals surface area contributed by atoms with Gasteiger partial charge in [-0.25, -0.2) is 0 Å². The summed E-state index contributed by atoms with van der Waals surface area (Å²) in [5.41, 5.74) is 4.20. The average molecular weight is 268 g/mol. The molecule has 0 heterocycles. The van der Waals surface area contributed by atoms with Crippen LogP contribution in [-0.2, 0) is 11.2 Å². The predicted octanol–water partition coefficient (Wildman–Crippen LogP) is 3.48. The summed E-state index contributed by atoms with van der Waals surface area (Å²) in [6, 6.07) is 13.8. The molecule has 0 aliphatic heterocycles. The summed E-state index contributed by atoms with van der Waals surface area (Å²) in [6.45, 7) is 0. The largest absolute Gasteiger partial charge is 0.496 e. The van der Waals surface area contributed by atoms with E-state index in [1.54, 1.807) is 7.11 Å². The Labute approximate surface area is 117 Å². The maximum atomic E-state index is 11.3. The van der Waals surface area contributed by atoms with E-state index in [4.69, 9.17) is 4.74 Å². The summed E-state index contributed by atoms with van der Waals surface area (Å²) in [5.74, 6) is -0.291. The second kappa shape index (κ2) is 5.00. The van der Waals surface area contributed by atoms with Crippen LogP contribution in [0.3, 0.4) is 0 Å². The van der Waals surface area contributed by atoms with Crippen LogP contribution in [0, 0.1) is 0 Å². The van der Waals surface area contributed by atoms with Crippen LogP contribution in [0.2, 0.25) is 0 Å². The van der Waals surface area contributed by atoms with E-state index in [2.05, 4.69) is 0 Å². The molecule has 0 aromatic heterocycles. The summed E-state index contributed by atoms with van der Waals surface area (Å²) < 4.78 is 5.42. The zero-order valence-electron chi connectivity index (χ0n) is 11.3. The Balaban J connectivity index is 2.15. The van der Waals surface area contributed by atoms with Gasteiger partial charge in [-0.2, -0.15) is 0 Å². The zero-order chi connectivity index (χ0) is 14.1. The van der Waals surface area contributed by atoms with E-state index >= 15 is 0 Å². The molecule has 3 nitrogen and oxygen atoms in total. The highest BCUT2D eigenvalue weighted by Crippen LogP contribution is 2.41.